The van der Waals surface area contributed by atoms with Gasteiger partial charge in [0, 0.05) is 24.7 Å². The van der Waals surface area contributed by atoms with Crippen molar-refractivity contribution in [2.75, 3.05) is 54.5 Å². The number of hydrogen-bond donors (Lipinski definition) is 2. The van der Waals surface area contributed by atoms with Gasteiger partial charge < -0.3 is 48.7 Å². The fraction of sp³-hybridized carbons (Fsp3) is 0.333. The molecule has 2 aliphatic heterocycles. The van der Waals surface area contributed by atoms with Crippen molar-refractivity contribution in [3.8, 4) is 40.2 Å². The van der Waals surface area contributed by atoms with E-state index < -0.39 is 6.17 Å². The van der Waals surface area contributed by atoms with Crippen LogP contribution in [-0.4, -0.2) is 71.9 Å². The second-order valence-corrected chi connectivity index (χ2v) is 12.4. The number of hydrogen-bond acceptors (Lipinski definition) is 12. The molecule has 13 nitrogen and oxygen atoms in total. The first-order valence-corrected chi connectivity index (χ1v) is 16.8. The van der Waals surface area contributed by atoms with Crippen LogP contribution < -0.4 is 43.9 Å². The first-order chi connectivity index (χ1) is 25.2. The lowest BCUT2D eigenvalue weighted by Crippen LogP contribution is -2.38. The third-order valence-electron chi connectivity index (χ3n) is 9.14. The molecule has 0 spiro atoms. The summed E-state index contributed by atoms with van der Waals surface area (Å²) >= 11 is 0. The molecule has 52 heavy (non-hydrogen) atoms. The molecule has 0 radical (unpaired) electrons. The monoisotopic (exact) mass is 712 g/mol. The highest BCUT2D eigenvalue weighted by molar-refractivity contribution is 6.02. The van der Waals surface area contributed by atoms with Gasteiger partial charge in [0.15, 0.2) is 40.6 Å². The molecular weight excluding hydrogens is 668 g/mol. The van der Waals surface area contributed by atoms with Gasteiger partial charge >= 0.3 is 0 Å². The zero-order valence-corrected chi connectivity index (χ0v) is 30.6. The second-order valence-electron chi connectivity index (χ2n) is 12.4. The Morgan fingerprint density at radius 3 is 2.27 bits per heavy atom. The van der Waals surface area contributed by atoms with Crippen LogP contribution in [0, 0.1) is 6.92 Å². The summed E-state index contributed by atoms with van der Waals surface area (Å²) in [6.07, 6.45) is -0.204. The number of oxime groups is 1. The average molecular weight is 713 g/mol. The van der Waals surface area contributed by atoms with Crippen LogP contribution in [0.5, 0.6) is 40.2 Å². The van der Waals surface area contributed by atoms with Gasteiger partial charge in [-0.25, -0.2) is 0 Å². The van der Waals surface area contributed by atoms with E-state index in [1.165, 1.54) is 0 Å². The summed E-state index contributed by atoms with van der Waals surface area (Å²) in [5.74, 6) is 3.92. The minimum absolute atomic E-state index is 0.184. The van der Waals surface area contributed by atoms with E-state index in [2.05, 4.69) is 15.8 Å². The van der Waals surface area contributed by atoms with E-state index in [1.54, 1.807) is 46.7 Å². The maximum Gasteiger partial charge on any atom is 0.255 e. The first-order valence-electron chi connectivity index (χ1n) is 16.8. The highest BCUT2D eigenvalue weighted by Gasteiger charge is 2.28. The quantitative estimate of drug-likeness (QED) is 0.140. The van der Waals surface area contributed by atoms with Gasteiger partial charge in [0.2, 0.25) is 0 Å². The smallest absolute Gasteiger partial charge is 0.255 e. The Labute approximate surface area is 303 Å². The Morgan fingerprint density at radius 2 is 1.54 bits per heavy atom. The molecule has 1 amide bonds. The number of nitrogens with zero attached hydrogens (tertiary/aromatic N) is 2. The summed E-state index contributed by atoms with van der Waals surface area (Å²) in [7, 11) is 9.81. The second kappa shape index (κ2) is 15.6. The van der Waals surface area contributed by atoms with Crippen molar-refractivity contribution in [3.63, 3.8) is 0 Å². The van der Waals surface area contributed by atoms with E-state index in [0.717, 1.165) is 28.0 Å². The van der Waals surface area contributed by atoms with Crippen molar-refractivity contribution >= 4 is 17.3 Å². The Bertz CT molecular complexity index is 1970. The average Bonchev–Trinajstić information content (AvgIpc) is 3.67. The molecule has 0 bridgehead atoms. The molecule has 0 saturated heterocycles. The van der Waals surface area contributed by atoms with Gasteiger partial charge in [-0.15, -0.1) is 5.06 Å². The SMILES string of the molecule is COc1ccc2c(c1)C(=O)NC(c1ccc(OCC(C)N(C)Oc3cc(C4CC(c5cc(C)c(OC)c(OC)c5)=NO4)ccc3OC)c(OC)c1)N2. The largest absolute Gasteiger partial charge is 0.497 e. The molecule has 0 aromatic heterocycles. The van der Waals surface area contributed by atoms with Crippen molar-refractivity contribution in [3.05, 3.63) is 94.5 Å². The number of anilines is 1. The Kier molecular flexibility index (Phi) is 10.8. The third-order valence-corrected chi connectivity index (χ3v) is 9.14. The van der Waals surface area contributed by atoms with Crippen molar-refractivity contribution < 1.29 is 42.9 Å². The van der Waals surface area contributed by atoms with Gasteiger partial charge in [0.05, 0.1) is 52.9 Å². The number of ether oxygens (including phenoxy) is 6. The van der Waals surface area contributed by atoms with Crippen LogP contribution in [-0.2, 0) is 4.84 Å². The van der Waals surface area contributed by atoms with E-state index in [0.29, 0.717) is 57.9 Å². The molecular formula is C39H44N4O9. The predicted molar refractivity (Wildman–Crippen MR) is 195 cm³/mol. The topological polar surface area (TPSA) is 131 Å². The van der Waals surface area contributed by atoms with Crippen molar-refractivity contribution in [1.29, 1.82) is 0 Å². The molecule has 2 N–H and O–H groups in total. The van der Waals surface area contributed by atoms with Crippen LogP contribution in [0.2, 0.25) is 0 Å². The van der Waals surface area contributed by atoms with Gasteiger partial charge in [-0.1, -0.05) is 17.3 Å². The number of carbonyl (C=O) groups is 1. The molecule has 0 aliphatic carbocycles. The van der Waals surface area contributed by atoms with Gasteiger partial charge in [-0.3, -0.25) is 4.79 Å². The Hall–Kier alpha value is -5.82. The molecule has 6 rings (SSSR count). The lowest BCUT2D eigenvalue weighted by Gasteiger charge is -2.29. The molecule has 0 fully saturated rings. The molecule has 2 heterocycles. The molecule has 0 saturated carbocycles. The van der Waals surface area contributed by atoms with E-state index in [-0.39, 0.29) is 24.7 Å². The standard InChI is InChI=1S/C39H44N4O9/c1-22-15-26(18-36(48-7)37(22)49-8)30-20-33(51-42-30)24-9-13-31(46-5)35(16-24)52-43(3)23(2)21-50-32-14-10-25(17-34(32)47-6)38-40-29-12-11-27(45-4)19-28(29)39(44)41-38/h9-19,23,33,38,40H,20-21H2,1-8H3,(H,41,44). The number of hydroxylamine groups is 2. The lowest BCUT2D eigenvalue weighted by atomic mass is 9.98. The van der Waals surface area contributed by atoms with Crippen molar-refractivity contribution in [2.24, 2.45) is 5.16 Å². The normalized spacial score (nSPS) is 16.8. The summed E-state index contributed by atoms with van der Waals surface area (Å²) in [4.78, 5) is 25.0. The molecule has 274 valence electrons. The summed E-state index contributed by atoms with van der Waals surface area (Å²) in [5, 5.41) is 12.5. The minimum Gasteiger partial charge on any atom is -0.497 e. The number of likely N-dealkylation sites (N-methyl/N-ethyl adjacent to an activating group) is 1. The Morgan fingerprint density at radius 1 is 0.808 bits per heavy atom. The van der Waals surface area contributed by atoms with Gasteiger partial charge in [0.25, 0.3) is 5.91 Å². The predicted octanol–water partition coefficient (Wildman–Crippen LogP) is 6.45. The van der Waals surface area contributed by atoms with Crippen LogP contribution in [0.15, 0.2) is 71.9 Å². The number of carbonyl (C=O) groups excluding carboxylic acids is 1. The number of nitrogens with one attached hydrogen (secondary N) is 2. The zero-order chi connectivity index (χ0) is 36.9. The van der Waals surface area contributed by atoms with E-state index in [9.17, 15) is 4.79 Å². The van der Waals surface area contributed by atoms with Crippen LogP contribution in [0.1, 0.15) is 58.2 Å². The molecule has 2 aliphatic rings. The third kappa shape index (κ3) is 7.45. The summed E-state index contributed by atoms with van der Waals surface area (Å²) in [6, 6.07) is 20.3. The number of rotatable bonds is 14. The fourth-order valence-corrected chi connectivity index (χ4v) is 6.09. The lowest BCUT2D eigenvalue weighted by molar-refractivity contribution is -0.0776. The molecule has 13 heteroatoms. The summed E-state index contributed by atoms with van der Waals surface area (Å²) in [6.45, 7) is 4.24. The summed E-state index contributed by atoms with van der Waals surface area (Å²) in [5.41, 5.74) is 5.59. The maximum atomic E-state index is 12.9. The minimum atomic E-state index is -0.455. The first kappa shape index (κ1) is 36.0. The number of fused-ring (bicyclic) bond motifs is 1. The van der Waals surface area contributed by atoms with Crippen LogP contribution in [0.25, 0.3) is 0 Å². The number of methoxy groups -OCH3 is 5. The van der Waals surface area contributed by atoms with Crippen LogP contribution >= 0.6 is 0 Å². The van der Waals surface area contributed by atoms with Crippen LogP contribution in [0.4, 0.5) is 5.69 Å². The van der Waals surface area contributed by atoms with E-state index in [1.807, 2.05) is 81.6 Å². The maximum absolute atomic E-state index is 12.9. The highest BCUT2D eigenvalue weighted by Crippen LogP contribution is 2.39. The van der Waals surface area contributed by atoms with Gasteiger partial charge in [-0.05, 0) is 85.1 Å². The number of aryl methyl sites for hydroxylation is 1. The summed E-state index contributed by atoms with van der Waals surface area (Å²) < 4.78 is 33.8. The molecule has 4 aromatic carbocycles. The van der Waals surface area contributed by atoms with Gasteiger partial charge in [0.1, 0.15) is 18.5 Å². The van der Waals surface area contributed by atoms with E-state index in [4.69, 9.17) is 38.1 Å². The number of benzene rings is 4. The zero-order valence-electron chi connectivity index (χ0n) is 30.6. The Balaban J connectivity index is 1.08. The van der Waals surface area contributed by atoms with Crippen LogP contribution in [0.3, 0.4) is 0 Å². The highest BCUT2D eigenvalue weighted by atomic mass is 16.7. The van der Waals surface area contributed by atoms with E-state index >= 15 is 0 Å². The molecule has 3 atom stereocenters. The van der Waals surface area contributed by atoms with Crippen molar-refractivity contribution in [2.45, 2.75) is 38.6 Å². The number of amides is 1. The molecule has 4 aromatic rings. The fourth-order valence-electron chi connectivity index (χ4n) is 6.09. The van der Waals surface area contributed by atoms with Crippen molar-refractivity contribution in [1.82, 2.24) is 10.4 Å². The van der Waals surface area contributed by atoms with Gasteiger partial charge in [-0.2, -0.15) is 0 Å². The molecule has 3 unspecified atom stereocenters.